The van der Waals surface area contributed by atoms with Gasteiger partial charge in [-0.1, -0.05) is 38.4 Å². The molecule has 92 valence electrons. The third-order valence-electron chi connectivity index (χ3n) is 1.77. The van der Waals surface area contributed by atoms with Crippen molar-refractivity contribution in [1.29, 1.82) is 0 Å². The Bertz CT molecular complexity index is 403. The number of hydrogen-bond donors (Lipinski definition) is 0. The number of thioether (sulfide) groups is 1. The van der Waals surface area contributed by atoms with Crippen molar-refractivity contribution < 1.29 is 9.53 Å². The molecule has 0 spiro atoms. The second-order valence-corrected chi connectivity index (χ2v) is 7.26. The van der Waals surface area contributed by atoms with Crippen LogP contribution in [0.5, 0.6) is 0 Å². The normalized spacial score (nSPS) is 11.9. The van der Waals surface area contributed by atoms with E-state index >= 15 is 0 Å². The van der Waals surface area contributed by atoms with Crippen molar-refractivity contribution in [2.24, 2.45) is 0 Å². The van der Waals surface area contributed by atoms with Gasteiger partial charge in [0, 0.05) is 14.9 Å². The summed E-state index contributed by atoms with van der Waals surface area (Å²) in [5.74, 6) is -0.356. The summed E-state index contributed by atoms with van der Waals surface area (Å²) in [6, 6.07) is 7.96. The van der Waals surface area contributed by atoms with Crippen molar-refractivity contribution in [1.82, 2.24) is 0 Å². The molecule has 0 saturated carbocycles. The van der Waals surface area contributed by atoms with Crippen LogP contribution >= 0.6 is 43.6 Å². The Balaban J connectivity index is 2.39. The van der Waals surface area contributed by atoms with E-state index in [9.17, 15) is 4.79 Å². The Morgan fingerprint density at radius 2 is 2.06 bits per heavy atom. The first-order chi connectivity index (χ1) is 7.99. The first-order valence-corrected chi connectivity index (χ1v) is 7.47. The van der Waals surface area contributed by atoms with E-state index in [1.165, 1.54) is 0 Å². The van der Waals surface area contributed by atoms with Crippen molar-refractivity contribution >= 4 is 49.6 Å². The Labute approximate surface area is 122 Å². The lowest BCUT2D eigenvalue weighted by Gasteiger charge is -2.10. The van der Waals surface area contributed by atoms with E-state index in [2.05, 4.69) is 38.4 Å². The van der Waals surface area contributed by atoms with Gasteiger partial charge in [-0.25, -0.2) is 4.79 Å². The molecule has 1 atom stereocenters. The Morgan fingerprint density at radius 1 is 1.47 bits per heavy atom. The monoisotopic (exact) mass is 378 g/mol. The summed E-state index contributed by atoms with van der Waals surface area (Å²) in [6.45, 7) is 5.47. The number of rotatable bonds is 5. The highest BCUT2D eigenvalue weighted by molar-refractivity contribution is 9.11. The number of benzene rings is 1. The van der Waals surface area contributed by atoms with Crippen LogP contribution in [0, 0.1) is 0 Å². The third-order valence-corrected chi connectivity index (χ3v) is 4.06. The van der Waals surface area contributed by atoms with E-state index in [-0.39, 0.29) is 10.1 Å². The molecular weight excluding hydrogens is 368 g/mol. The van der Waals surface area contributed by atoms with Gasteiger partial charge in [0.25, 0.3) is 0 Å². The number of carbonyl (C=O) groups is 1. The minimum Gasteiger partial charge on any atom is -0.460 e. The molecule has 1 unspecified atom stereocenters. The number of alkyl halides is 1. The number of halogens is 2. The highest BCUT2D eigenvalue weighted by Crippen LogP contribution is 2.28. The van der Waals surface area contributed by atoms with Gasteiger partial charge in [0.2, 0.25) is 0 Å². The average Bonchev–Trinajstić information content (AvgIpc) is 2.29. The van der Waals surface area contributed by atoms with Crippen molar-refractivity contribution in [3.05, 3.63) is 40.9 Å². The Hall–Kier alpha value is -0.260. The summed E-state index contributed by atoms with van der Waals surface area (Å²) in [4.78, 5) is 12.3. The maximum Gasteiger partial charge on any atom is 0.333 e. The second kappa shape index (κ2) is 7.24. The van der Waals surface area contributed by atoms with Crippen molar-refractivity contribution in [2.75, 3.05) is 6.61 Å². The highest BCUT2D eigenvalue weighted by Gasteiger charge is 2.10. The van der Waals surface area contributed by atoms with Crippen LogP contribution in [0.3, 0.4) is 0 Å². The van der Waals surface area contributed by atoms with Crippen LogP contribution in [0.25, 0.3) is 0 Å². The molecule has 0 aliphatic carbocycles. The number of carbonyl (C=O) groups excluding carboxylic acids is 1. The first kappa shape index (κ1) is 14.8. The molecule has 0 amide bonds. The van der Waals surface area contributed by atoms with Gasteiger partial charge in [-0.3, -0.25) is 0 Å². The largest absolute Gasteiger partial charge is 0.460 e. The topological polar surface area (TPSA) is 26.3 Å². The van der Waals surface area contributed by atoms with Crippen molar-refractivity contribution in [3.8, 4) is 0 Å². The van der Waals surface area contributed by atoms with Crippen molar-refractivity contribution in [3.63, 3.8) is 0 Å². The molecule has 1 aromatic carbocycles. The summed E-state index contributed by atoms with van der Waals surface area (Å²) < 4.78 is 6.12. The van der Waals surface area contributed by atoms with Crippen molar-refractivity contribution in [2.45, 2.75) is 16.0 Å². The molecule has 1 aromatic rings. The van der Waals surface area contributed by atoms with E-state index in [0.717, 1.165) is 9.37 Å². The van der Waals surface area contributed by atoms with Crippen LogP contribution in [-0.4, -0.2) is 16.7 Å². The molecule has 0 radical (unpaired) electrons. The van der Waals surface area contributed by atoms with Crippen LogP contribution in [0.4, 0.5) is 0 Å². The van der Waals surface area contributed by atoms with Crippen LogP contribution in [0.15, 0.2) is 45.8 Å². The predicted octanol–water partition coefficient (Wildman–Crippen LogP) is 4.38. The van der Waals surface area contributed by atoms with E-state index in [0.29, 0.717) is 12.2 Å². The molecule has 0 fully saturated rings. The van der Waals surface area contributed by atoms with Gasteiger partial charge >= 0.3 is 5.97 Å². The smallest absolute Gasteiger partial charge is 0.333 e. The molecule has 5 heteroatoms. The van der Waals surface area contributed by atoms with E-state index in [4.69, 9.17) is 4.74 Å². The van der Waals surface area contributed by atoms with Gasteiger partial charge in [0.1, 0.15) is 6.61 Å². The fourth-order valence-corrected chi connectivity index (χ4v) is 2.73. The summed E-state index contributed by atoms with van der Waals surface area (Å²) in [6.07, 6.45) is 0. The molecule has 0 N–H and O–H groups in total. The third kappa shape index (κ3) is 5.75. The highest BCUT2D eigenvalue weighted by atomic mass is 79.9. The molecule has 0 bridgehead atoms. The first-order valence-electron chi connectivity index (χ1n) is 4.88. The molecule has 17 heavy (non-hydrogen) atoms. The standard InChI is InChI=1S/C12H12Br2O2S/c1-8(2)12(15)16-7-11(14)17-10-5-3-9(13)4-6-10/h3-6,11H,1,7H2,2H3. The lowest BCUT2D eigenvalue weighted by atomic mass is 10.4. The fourth-order valence-electron chi connectivity index (χ4n) is 0.959. The predicted molar refractivity (Wildman–Crippen MR) is 78.5 cm³/mol. The number of esters is 1. The lowest BCUT2D eigenvalue weighted by Crippen LogP contribution is -2.11. The maximum atomic E-state index is 11.2. The molecule has 0 saturated heterocycles. The molecule has 2 nitrogen and oxygen atoms in total. The average molecular weight is 380 g/mol. The molecule has 0 heterocycles. The summed E-state index contributed by atoms with van der Waals surface area (Å²) >= 11 is 8.43. The van der Waals surface area contributed by atoms with Crippen LogP contribution < -0.4 is 0 Å². The second-order valence-electron chi connectivity index (χ2n) is 3.36. The minimum atomic E-state index is -0.356. The molecule has 1 rings (SSSR count). The SMILES string of the molecule is C=C(C)C(=O)OCC(Br)Sc1ccc(Br)cc1. The van der Waals surface area contributed by atoms with E-state index in [1.807, 2.05) is 24.3 Å². The van der Waals surface area contributed by atoms with Gasteiger partial charge in [-0.05, 0) is 31.2 Å². The molecule has 0 aliphatic rings. The lowest BCUT2D eigenvalue weighted by molar-refractivity contribution is -0.138. The van der Waals surface area contributed by atoms with Gasteiger partial charge < -0.3 is 4.74 Å². The van der Waals surface area contributed by atoms with Crippen LogP contribution in [0.1, 0.15) is 6.92 Å². The van der Waals surface area contributed by atoms with E-state index in [1.54, 1.807) is 18.7 Å². The van der Waals surface area contributed by atoms with Crippen LogP contribution in [-0.2, 0) is 9.53 Å². The molecule has 0 aliphatic heterocycles. The summed E-state index contributed by atoms with van der Waals surface area (Å²) in [7, 11) is 0. The van der Waals surface area contributed by atoms with Gasteiger partial charge in [0.05, 0.1) is 4.16 Å². The van der Waals surface area contributed by atoms with Gasteiger partial charge in [-0.15, -0.1) is 11.8 Å². The zero-order valence-electron chi connectivity index (χ0n) is 9.28. The summed E-state index contributed by atoms with van der Waals surface area (Å²) in [5.41, 5.74) is 0.415. The maximum absolute atomic E-state index is 11.2. The Morgan fingerprint density at radius 3 is 2.59 bits per heavy atom. The van der Waals surface area contributed by atoms with Gasteiger partial charge in [-0.2, -0.15) is 0 Å². The number of ether oxygens (including phenoxy) is 1. The zero-order chi connectivity index (χ0) is 12.8. The summed E-state index contributed by atoms with van der Waals surface area (Å²) in [5, 5.41) is 0. The number of hydrogen-bond acceptors (Lipinski definition) is 3. The molecule has 0 aromatic heterocycles. The minimum absolute atomic E-state index is 0.0342. The van der Waals surface area contributed by atoms with Gasteiger partial charge in [0.15, 0.2) is 0 Å². The molecular formula is C12H12Br2O2S. The van der Waals surface area contributed by atoms with Crippen LogP contribution in [0.2, 0.25) is 0 Å². The fraction of sp³-hybridized carbons (Fsp3) is 0.250. The Kier molecular flexibility index (Phi) is 6.30. The quantitative estimate of drug-likeness (QED) is 0.328. The zero-order valence-corrected chi connectivity index (χ0v) is 13.3. The van der Waals surface area contributed by atoms with E-state index < -0.39 is 0 Å².